The van der Waals surface area contributed by atoms with Gasteiger partial charge in [-0.25, -0.2) is 4.79 Å². The van der Waals surface area contributed by atoms with E-state index < -0.39 is 59.9 Å². The number of aliphatic hydroxyl groups excluding tert-OH is 1. The van der Waals surface area contributed by atoms with Crippen molar-refractivity contribution in [3.8, 4) is 0 Å². The summed E-state index contributed by atoms with van der Waals surface area (Å²) >= 11 is 0. The molecule has 0 radical (unpaired) electrons. The second-order valence-electron chi connectivity index (χ2n) is 8.53. The summed E-state index contributed by atoms with van der Waals surface area (Å²) in [6.45, 7) is 2.49. The van der Waals surface area contributed by atoms with E-state index in [1.807, 2.05) is 24.3 Å². The van der Waals surface area contributed by atoms with E-state index in [0.717, 1.165) is 16.5 Å². The zero-order valence-electron chi connectivity index (χ0n) is 20.0. The number of nitrogens with two attached hydrogens (primary N) is 2. The highest BCUT2D eigenvalue weighted by Gasteiger charge is 2.30. The van der Waals surface area contributed by atoms with Crippen LogP contribution in [0.2, 0.25) is 0 Å². The van der Waals surface area contributed by atoms with Crippen molar-refractivity contribution in [2.75, 3.05) is 0 Å². The van der Waals surface area contributed by atoms with Crippen molar-refractivity contribution < 1.29 is 34.2 Å². The van der Waals surface area contributed by atoms with E-state index in [0.29, 0.717) is 0 Å². The minimum Gasteiger partial charge on any atom is -0.480 e. The van der Waals surface area contributed by atoms with Gasteiger partial charge in [0, 0.05) is 23.5 Å². The monoisotopic (exact) mass is 504 g/mol. The minimum atomic E-state index is -1.58. The molecule has 0 spiro atoms. The van der Waals surface area contributed by atoms with E-state index in [4.69, 9.17) is 16.6 Å². The van der Waals surface area contributed by atoms with Gasteiger partial charge in [0.2, 0.25) is 23.6 Å². The Labute approximate surface area is 207 Å². The summed E-state index contributed by atoms with van der Waals surface area (Å²) in [6, 6.07) is 2.44. The van der Waals surface area contributed by atoms with Crippen LogP contribution in [0.3, 0.4) is 0 Å². The highest BCUT2D eigenvalue weighted by Crippen LogP contribution is 2.18. The van der Waals surface area contributed by atoms with Crippen LogP contribution in [-0.4, -0.2) is 75.1 Å². The maximum Gasteiger partial charge on any atom is 0.328 e. The summed E-state index contributed by atoms with van der Waals surface area (Å²) in [5, 5.41) is 26.5. The summed E-state index contributed by atoms with van der Waals surface area (Å²) in [5.74, 6) is -4.46. The second-order valence-corrected chi connectivity index (χ2v) is 8.53. The van der Waals surface area contributed by atoms with E-state index in [1.54, 1.807) is 6.20 Å². The third-order valence-electron chi connectivity index (χ3n) is 5.56. The van der Waals surface area contributed by atoms with Gasteiger partial charge in [-0.1, -0.05) is 18.2 Å². The van der Waals surface area contributed by atoms with Crippen molar-refractivity contribution in [1.82, 2.24) is 20.9 Å². The Kier molecular flexibility index (Phi) is 9.93. The van der Waals surface area contributed by atoms with Crippen LogP contribution in [0.5, 0.6) is 0 Å². The lowest BCUT2D eigenvalue weighted by Crippen LogP contribution is -2.57. The molecule has 0 aliphatic carbocycles. The van der Waals surface area contributed by atoms with Crippen molar-refractivity contribution in [3.63, 3.8) is 0 Å². The fourth-order valence-electron chi connectivity index (χ4n) is 3.51. The van der Waals surface area contributed by atoms with Crippen molar-refractivity contribution in [2.24, 2.45) is 11.5 Å². The Morgan fingerprint density at radius 2 is 1.67 bits per heavy atom. The highest BCUT2D eigenvalue weighted by atomic mass is 16.4. The van der Waals surface area contributed by atoms with E-state index in [2.05, 4.69) is 20.9 Å². The van der Waals surface area contributed by atoms with E-state index in [1.165, 1.54) is 13.8 Å². The van der Waals surface area contributed by atoms with Gasteiger partial charge in [0.25, 0.3) is 0 Å². The number of para-hydroxylation sites is 1. The number of primary amides is 1. The number of carboxylic acids is 1. The molecule has 1 heterocycles. The molecule has 13 nitrogen and oxygen atoms in total. The molecule has 5 atom stereocenters. The number of benzene rings is 1. The molecule has 0 aliphatic heterocycles. The molecule has 2 rings (SSSR count). The molecule has 0 aliphatic rings. The topological polar surface area (TPSA) is 230 Å². The molecule has 196 valence electrons. The minimum absolute atomic E-state index is 0.146. The first-order chi connectivity index (χ1) is 16.9. The smallest absolute Gasteiger partial charge is 0.328 e. The summed E-state index contributed by atoms with van der Waals surface area (Å²) in [5.41, 5.74) is 12.9. The number of rotatable bonds is 13. The van der Waals surface area contributed by atoms with Crippen LogP contribution in [0.4, 0.5) is 0 Å². The maximum atomic E-state index is 12.8. The first-order valence-electron chi connectivity index (χ1n) is 11.3. The molecule has 10 N–H and O–H groups in total. The molecule has 2 aromatic rings. The molecular weight excluding hydrogens is 472 g/mol. The average molecular weight is 505 g/mol. The zero-order valence-corrected chi connectivity index (χ0v) is 20.0. The van der Waals surface area contributed by atoms with Crippen molar-refractivity contribution in [2.45, 2.75) is 63.4 Å². The van der Waals surface area contributed by atoms with Gasteiger partial charge in [-0.2, -0.15) is 0 Å². The van der Waals surface area contributed by atoms with Crippen LogP contribution in [0.25, 0.3) is 10.9 Å². The number of hydrogen-bond donors (Lipinski definition) is 8. The molecule has 4 amide bonds. The zero-order chi connectivity index (χ0) is 27.0. The average Bonchev–Trinajstić information content (AvgIpc) is 3.21. The van der Waals surface area contributed by atoms with Gasteiger partial charge in [0.1, 0.15) is 12.1 Å². The Morgan fingerprint density at radius 3 is 2.28 bits per heavy atom. The van der Waals surface area contributed by atoms with E-state index >= 15 is 0 Å². The molecular formula is C23H32N6O7. The van der Waals surface area contributed by atoms with Crippen LogP contribution in [-0.2, 0) is 30.4 Å². The fraction of sp³-hybridized carbons (Fsp3) is 0.435. The number of H-pyrrole nitrogens is 1. The molecule has 1 aromatic carbocycles. The van der Waals surface area contributed by atoms with Crippen LogP contribution in [0.15, 0.2) is 30.5 Å². The number of fused-ring (bicyclic) bond motifs is 1. The number of aliphatic carboxylic acids is 1. The maximum absolute atomic E-state index is 12.8. The lowest BCUT2D eigenvalue weighted by molar-refractivity contribution is -0.145. The number of hydrogen-bond acceptors (Lipinski definition) is 7. The van der Waals surface area contributed by atoms with Crippen molar-refractivity contribution >= 4 is 40.5 Å². The van der Waals surface area contributed by atoms with Gasteiger partial charge in [-0.15, -0.1) is 0 Å². The standard InChI is InChI=1S/C23H32N6O7/c1-11(20(32)29-19(12(2)30)23(35)36)27-22(34)17(7-8-18(25)31)28-21(33)15(24)9-13-10-26-16-6-4-3-5-14(13)16/h3-6,10-12,15,17,19,26,30H,7-9,24H2,1-2H3,(H2,25,31)(H,27,34)(H,28,33)(H,29,32)(H,35,36). The Hall–Kier alpha value is -3.97. The molecule has 0 saturated heterocycles. The van der Waals surface area contributed by atoms with Crippen molar-refractivity contribution in [1.29, 1.82) is 0 Å². The number of amides is 4. The van der Waals surface area contributed by atoms with Gasteiger partial charge in [-0.3, -0.25) is 19.2 Å². The van der Waals surface area contributed by atoms with Crippen LogP contribution in [0, 0.1) is 0 Å². The Balaban J connectivity index is 2.05. The predicted octanol–water partition coefficient (Wildman–Crippen LogP) is -1.76. The number of aromatic nitrogens is 1. The van der Waals surface area contributed by atoms with Crippen LogP contribution in [0.1, 0.15) is 32.3 Å². The Morgan fingerprint density at radius 1 is 1.00 bits per heavy atom. The fourth-order valence-corrected chi connectivity index (χ4v) is 3.51. The third-order valence-corrected chi connectivity index (χ3v) is 5.56. The van der Waals surface area contributed by atoms with Crippen LogP contribution >= 0.6 is 0 Å². The van der Waals surface area contributed by atoms with Crippen LogP contribution < -0.4 is 27.4 Å². The quantitative estimate of drug-likeness (QED) is 0.155. The molecule has 0 saturated carbocycles. The summed E-state index contributed by atoms with van der Waals surface area (Å²) in [4.78, 5) is 63.4. The Bertz CT molecular complexity index is 1120. The SMILES string of the molecule is CC(NC(=O)C(CCC(N)=O)NC(=O)C(N)Cc1c[nH]c2ccccc12)C(=O)NC(C(=O)O)C(C)O. The summed E-state index contributed by atoms with van der Waals surface area (Å²) in [6.07, 6.45) is 0.170. The normalized spacial score (nSPS) is 15.2. The van der Waals surface area contributed by atoms with Gasteiger partial charge in [0.15, 0.2) is 6.04 Å². The lowest BCUT2D eigenvalue weighted by Gasteiger charge is -2.24. The number of nitrogens with one attached hydrogen (secondary N) is 4. The molecule has 0 bridgehead atoms. The first kappa shape index (κ1) is 28.3. The molecule has 1 aromatic heterocycles. The first-order valence-corrected chi connectivity index (χ1v) is 11.3. The molecule has 13 heteroatoms. The molecule has 36 heavy (non-hydrogen) atoms. The lowest BCUT2D eigenvalue weighted by atomic mass is 10.0. The van der Waals surface area contributed by atoms with E-state index in [-0.39, 0.29) is 19.3 Å². The number of carbonyl (C=O) groups is 5. The van der Waals surface area contributed by atoms with E-state index in [9.17, 15) is 29.1 Å². The predicted molar refractivity (Wildman–Crippen MR) is 129 cm³/mol. The van der Waals surface area contributed by atoms with Gasteiger partial charge >= 0.3 is 5.97 Å². The van der Waals surface area contributed by atoms with Crippen molar-refractivity contribution in [3.05, 3.63) is 36.0 Å². The van der Waals surface area contributed by atoms with Gasteiger partial charge in [-0.05, 0) is 38.3 Å². The number of carbonyl (C=O) groups excluding carboxylic acids is 4. The highest BCUT2D eigenvalue weighted by molar-refractivity contribution is 5.94. The number of carboxylic acid groups (broad SMARTS) is 1. The largest absolute Gasteiger partial charge is 0.480 e. The van der Waals surface area contributed by atoms with Gasteiger partial charge < -0.3 is 42.6 Å². The molecule has 0 fully saturated rings. The second kappa shape index (κ2) is 12.7. The third kappa shape index (κ3) is 7.78. The molecule has 5 unspecified atom stereocenters. The summed E-state index contributed by atoms with van der Waals surface area (Å²) < 4.78 is 0. The van der Waals surface area contributed by atoms with Gasteiger partial charge in [0.05, 0.1) is 12.1 Å². The number of aliphatic hydroxyl groups is 1. The number of aromatic amines is 1. The summed E-state index contributed by atoms with van der Waals surface area (Å²) in [7, 11) is 0.